The standard InChI is InChI=1S/C18H20/c1-4-18(5-2)16-9-7-6-8-14(16)15-12-13(3)10-11-17(15)18/h6-12H,4-5H2,1-3H3. The minimum Gasteiger partial charge on any atom is -0.0642 e. The van der Waals surface area contributed by atoms with Crippen LogP contribution in [0.4, 0.5) is 0 Å². The number of rotatable bonds is 2. The number of fused-ring (bicyclic) bond motifs is 3. The van der Waals surface area contributed by atoms with E-state index in [4.69, 9.17) is 0 Å². The molecule has 0 spiro atoms. The van der Waals surface area contributed by atoms with E-state index in [1.54, 1.807) is 0 Å². The zero-order valence-electron chi connectivity index (χ0n) is 11.5. The average Bonchev–Trinajstić information content (AvgIpc) is 2.69. The predicted molar refractivity (Wildman–Crippen MR) is 78.0 cm³/mol. The fraction of sp³-hybridized carbons (Fsp3) is 0.333. The van der Waals surface area contributed by atoms with Gasteiger partial charge in [-0.05, 0) is 42.0 Å². The van der Waals surface area contributed by atoms with Gasteiger partial charge in [-0.1, -0.05) is 61.9 Å². The Morgan fingerprint density at radius 2 is 1.50 bits per heavy atom. The van der Waals surface area contributed by atoms with Gasteiger partial charge in [0.15, 0.2) is 0 Å². The van der Waals surface area contributed by atoms with Crippen LogP contribution in [0.25, 0.3) is 11.1 Å². The molecule has 0 unspecified atom stereocenters. The summed E-state index contributed by atoms with van der Waals surface area (Å²) in [5.74, 6) is 0. The van der Waals surface area contributed by atoms with Crippen LogP contribution < -0.4 is 0 Å². The lowest BCUT2D eigenvalue weighted by Crippen LogP contribution is -2.22. The van der Waals surface area contributed by atoms with Crippen molar-refractivity contribution in [1.29, 1.82) is 0 Å². The third-order valence-electron chi connectivity index (χ3n) is 4.63. The monoisotopic (exact) mass is 236 g/mol. The van der Waals surface area contributed by atoms with E-state index >= 15 is 0 Å². The Labute approximate surface area is 110 Å². The van der Waals surface area contributed by atoms with Gasteiger partial charge >= 0.3 is 0 Å². The molecule has 3 rings (SSSR count). The lowest BCUT2D eigenvalue weighted by molar-refractivity contribution is 0.490. The third kappa shape index (κ3) is 1.32. The van der Waals surface area contributed by atoms with Gasteiger partial charge in [0.05, 0.1) is 0 Å². The van der Waals surface area contributed by atoms with E-state index in [2.05, 4.69) is 63.2 Å². The van der Waals surface area contributed by atoms with Gasteiger partial charge in [0, 0.05) is 5.41 Å². The summed E-state index contributed by atoms with van der Waals surface area (Å²) in [7, 11) is 0. The molecule has 18 heavy (non-hydrogen) atoms. The van der Waals surface area contributed by atoms with Crippen LogP contribution in [0.15, 0.2) is 42.5 Å². The molecule has 92 valence electrons. The Bertz CT molecular complexity index is 589. The van der Waals surface area contributed by atoms with Crippen molar-refractivity contribution in [3.05, 3.63) is 59.2 Å². The summed E-state index contributed by atoms with van der Waals surface area (Å²) in [6.07, 6.45) is 2.35. The molecule has 2 aromatic rings. The molecule has 0 heterocycles. The Hall–Kier alpha value is -1.56. The third-order valence-corrected chi connectivity index (χ3v) is 4.63. The molecular formula is C18H20. The molecule has 0 atom stereocenters. The quantitative estimate of drug-likeness (QED) is 0.682. The van der Waals surface area contributed by atoms with Crippen molar-refractivity contribution in [1.82, 2.24) is 0 Å². The Balaban J connectivity index is 2.38. The van der Waals surface area contributed by atoms with Crippen LogP contribution in [0.3, 0.4) is 0 Å². The number of benzene rings is 2. The van der Waals surface area contributed by atoms with E-state index in [0.29, 0.717) is 0 Å². The van der Waals surface area contributed by atoms with Crippen LogP contribution in [0.5, 0.6) is 0 Å². The predicted octanol–water partition coefficient (Wildman–Crippen LogP) is 5.08. The van der Waals surface area contributed by atoms with Crippen LogP contribution in [-0.2, 0) is 5.41 Å². The molecule has 0 bridgehead atoms. The summed E-state index contributed by atoms with van der Waals surface area (Å²) in [5.41, 5.74) is 7.54. The lowest BCUT2D eigenvalue weighted by Gasteiger charge is -2.29. The summed E-state index contributed by atoms with van der Waals surface area (Å²) >= 11 is 0. The molecule has 1 aliphatic carbocycles. The van der Waals surface area contributed by atoms with Crippen LogP contribution in [0, 0.1) is 6.92 Å². The van der Waals surface area contributed by atoms with Crippen molar-refractivity contribution in [2.45, 2.75) is 39.0 Å². The highest BCUT2D eigenvalue weighted by molar-refractivity contribution is 5.81. The summed E-state index contributed by atoms with van der Waals surface area (Å²) in [6, 6.07) is 15.9. The van der Waals surface area contributed by atoms with E-state index in [9.17, 15) is 0 Å². The number of aryl methyl sites for hydroxylation is 1. The highest BCUT2D eigenvalue weighted by atomic mass is 14.4. The normalized spacial score (nSPS) is 15.3. The van der Waals surface area contributed by atoms with Crippen molar-refractivity contribution in [2.75, 3.05) is 0 Å². The van der Waals surface area contributed by atoms with E-state index < -0.39 is 0 Å². The smallest absolute Gasteiger partial charge is 0.0210 e. The highest BCUT2D eigenvalue weighted by Crippen LogP contribution is 2.52. The Morgan fingerprint density at radius 1 is 0.833 bits per heavy atom. The lowest BCUT2D eigenvalue weighted by atomic mass is 9.74. The summed E-state index contributed by atoms with van der Waals surface area (Å²) < 4.78 is 0. The number of hydrogen-bond donors (Lipinski definition) is 0. The maximum atomic E-state index is 2.35. The molecule has 1 aliphatic rings. The zero-order chi connectivity index (χ0) is 12.8. The largest absolute Gasteiger partial charge is 0.0642 e. The highest BCUT2D eigenvalue weighted by Gasteiger charge is 2.39. The van der Waals surface area contributed by atoms with E-state index in [1.807, 2.05) is 0 Å². The maximum absolute atomic E-state index is 2.35. The molecule has 0 nitrogen and oxygen atoms in total. The fourth-order valence-corrected chi connectivity index (χ4v) is 3.59. The minimum absolute atomic E-state index is 0.236. The fourth-order valence-electron chi connectivity index (χ4n) is 3.59. The molecule has 0 N–H and O–H groups in total. The van der Waals surface area contributed by atoms with Gasteiger partial charge in [-0.15, -0.1) is 0 Å². The second-order valence-electron chi connectivity index (χ2n) is 5.38. The average molecular weight is 236 g/mol. The first kappa shape index (κ1) is 11.5. The first-order valence-corrected chi connectivity index (χ1v) is 6.94. The first-order chi connectivity index (χ1) is 8.73. The van der Waals surface area contributed by atoms with Crippen molar-refractivity contribution >= 4 is 0 Å². The van der Waals surface area contributed by atoms with Crippen molar-refractivity contribution in [3.63, 3.8) is 0 Å². The van der Waals surface area contributed by atoms with Gasteiger partial charge in [0.1, 0.15) is 0 Å². The van der Waals surface area contributed by atoms with Crippen molar-refractivity contribution in [3.8, 4) is 11.1 Å². The molecule has 0 amide bonds. The van der Waals surface area contributed by atoms with Crippen molar-refractivity contribution in [2.24, 2.45) is 0 Å². The molecule has 0 heteroatoms. The molecule has 0 aliphatic heterocycles. The van der Waals surface area contributed by atoms with Crippen LogP contribution in [-0.4, -0.2) is 0 Å². The van der Waals surface area contributed by atoms with Crippen LogP contribution >= 0.6 is 0 Å². The summed E-state index contributed by atoms with van der Waals surface area (Å²) in [4.78, 5) is 0. The molecule has 0 radical (unpaired) electrons. The van der Waals surface area contributed by atoms with Gasteiger partial charge in [-0.25, -0.2) is 0 Å². The second-order valence-corrected chi connectivity index (χ2v) is 5.38. The molecule has 2 aromatic carbocycles. The SMILES string of the molecule is CCC1(CC)c2ccccc2-c2cc(C)ccc21. The van der Waals surface area contributed by atoms with Gasteiger partial charge in [0.25, 0.3) is 0 Å². The molecule has 0 fully saturated rings. The molecule has 0 aromatic heterocycles. The van der Waals surface area contributed by atoms with Gasteiger partial charge < -0.3 is 0 Å². The summed E-state index contributed by atoms with van der Waals surface area (Å²) in [6.45, 7) is 6.81. The summed E-state index contributed by atoms with van der Waals surface area (Å²) in [5, 5.41) is 0. The topological polar surface area (TPSA) is 0 Å². The molecular weight excluding hydrogens is 216 g/mol. The zero-order valence-corrected chi connectivity index (χ0v) is 11.5. The Morgan fingerprint density at radius 3 is 2.22 bits per heavy atom. The Kier molecular flexibility index (Phi) is 2.55. The van der Waals surface area contributed by atoms with E-state index in [1.165, 1.54) is 40.7 Å². The van der Waals surface area contributed by atoms with Crippen molar-refractivity contribution < 1.29 is 0 Å². The molecule has 0 saturated carbocycles. The van der Waals surface area contributed by atoms with E-state index in [-0.39, 0.29) is 5.41 Å². The van der Waals surface area contributed by atoms with Gasteiger partial charge in [-0.2, -0.15) is 0 Å². The van der Waals surface area contributed by atoms with E-state index in [0.717, 1.165) is 0 Å². The number of hydrogen-bond acceptors (Lipinski definition) is 0. The first-order valence-electron chi connectivity index (χ1n) is 6.94. The maximum Gasteiger partial charge on any atom is 0.0210 e. The van der Waals surface area contributed by atoms with Gasteiger partial charge in [0.2, 0.25) is 0 Å². The second kappa shape index (κ2) is 3.98. The molecule has 0 saturated heterocycles. The van der Waals surface area contributed by atoms with Crippen LogP contribution in [0.2, 0.25) is 0 Å². The minimum atomic E-state index is 0.236. The van der Waals surface area contributed by atoms with Gasteiger partial charge in [-0.3, -0.25) is 0 Å². The van der Waals surface area contributed by atoms with Crippen LogP contribution in [0.1, 0.15) is 43.4 Å².